The molecule has 3 nitrogen and oxygen atoms in total. The minimum absolute atomic E-state index is 0.373. The lowest BCUT2D eigenvalue weighted by atomic mass is 10.0. The summed E-state index contributed by atoms with van der Waals surface area (Å²) in [6.07, 6.45) is 0.396. The van der Waals surface area contributed by atoms with Crippen LogP contribution in [0.5, 0.6) is 0 Å². The maximum Gasteiger partial charge on any atom is 0.0804 e. The van der Waals surface area contributed by atoms with Crippen LogP contribution in [-0.4, -0.2) is 42.9 Å². The highest BCUT2D eigenvalue weighted by Gasteiger charge is 2.11. The molecule has 0 fully saturated rings. The minimum atomic E-state index is -0.373. The summed E-state index contributed by atoms with van der Waals surface area (Å²) >= 11 is 0. The summed E-state index contributed by atoms with van der Waals surface area (Å²) in [5.74, 6) is 0. The molecule has 0 aromatic heterocycles. The lowest BCUT2D eigenvalue weighted by molar-refractivity contribution is 0.100. The Labute approximate surface area is 117 Å². The number of hydrogen-bond donors (Lipinski definition) is 1. The molecule has 0 saturated carbocycles. The Hall–Kier alpha value is -0.900. The molecule has 0 radical (unpaired) electrons. The average Bonchev–Trinajstić information content (AvgIpc) is 2.43. The molecule has 0 aliphatic rings. The second kappa shape index (κ2) is 9.08. The molecule has 1 rings (SSSR count). The summed E-state index contributed by atoms with van der Waals surface area (Å²) in [4.78, 5) is 2.32. The Morgan fingerprint density at radius 1 is 1.21 bits per heavy atom. The van der Waals surface area contributed by atoms with Crippen LogP contribution in [0.1, 0.15) is 37.5 Å². The van der Waals surface area contributed by atoms with Gasteiger partial charge in [0.25, 0.3) is 0 Å². The van der Waals surface area contributed by atoms with Crippen LogP contribution in [0.2, 0.25) is 0 Å². The summed E-state index contributed by atoms with van der Waals surface area (Å²) in [5, 5.41) is 10.3. The fourth-order valence-electron chi connectivity index (χ4n) is 2.19. The third-order valence-corrected chi connectivity index (χ3v) is 3.47. The second-order valence-electron chi connectivity index (χ2n) is 4.79. The van der Waals surface area contributed by atoms with Gasteiger partial charge in [-0.1, -0.05) is 31.2 Å². The van der Waals surface area contributed by atoms with Gasteiger partial charge in [-0.25, -0.2) is 0 Å². The molecule has 1 unspecified atom stereocenters. The monoisotopic (exact) mass is 265 g/mol. The van der Waals surface area contributed by atoms with E-state index in [4.69, 9.17) is 4.74 Å². The van der Waals surface area contributed by atoms with Crippen molar-refractivity contribution in [2.45, 2.75) is 33.3 Å². The van der Waals surface area contributed by atoms with Crippen LogP contribution in [-0.2, 0) is 4.74 Å². The first-order chi connectivity index (χ1) is 9.19. The highest BCUT2D eigenvalue weighted by atomic mass is 16.5. The number of rotatable bonds is 9. The second-order valence-corrected chi connectivity index (χ2v) is 4.79. The Balaban J connectivity index is 2.39. The first kappa shape index (κ1) is 16.2. The maximum atomic E-state index is 10.3. The summed E-state index contributed by atoms with van der Waals surface area (Å²) < 4.78 is 5.37. The predicted octanol–water partition coefficient (Wildman–Crippen LogP) is 2.78. The predicted molar refractivity (Wildman–Crippen MR) is 79.4 cm³/mol. The number of ether oxygens (including phenoxy) is 1. The molecule has 1 aromatic rings. The standard InChI is InChI=1S/C16H27NO2/c1-4-17(12-13-19-5-2)11-10-16(18)15-9-7-6-8-14(15)3/h6-9,16,18H,4-5,10-13H2,1-3H3. The molecule has 19 heavy (non-hydrogen) atoms. The number of benzene rings is 1. The van der Waals surface area contributed by atoms with Gasteiger partial charge < -0.3 is 14.7 Å². The number of aliphatic hydroxyl groups is 1. The van der Waals surface area contributed by atoms with E-state index in [1.54, 1.807) is 0 Å². The average molecular weight is 265 g/mol. The molecule has 1 N–H and O–H groups in total. The van der Waals surface area contributed by atoms with Crippen molar-refractivity contribution in [3.63, 3.8) is 0 Å². The fourth-order valence-corrected chi connectivity index (χ4v) is 2.19. The van der Waals surface area contributed by atoms with Crippen LogP contribution in [0, 0.1) is 6.92 Å². The Kier molecular flexibility index (Phi) is 7.72. The molecule has 1 aromatic carbocycles. The highest BCUT2D eigenvalue weighted by molar-refractivity contribution is 5.27. The molecule has 0 spiro atoms. The highest BCUT2D eigenvalue weighted by Crippen LogP contribution is 2.20. The molecule has 108 valence electrons. The smallest absolute Gasteiger partial charge is 0.0804 e. The van der Waals surface area contributed by atoms with E-state index in [1.165, 1.54) is 0 Å². The third kappa shape index (κ3) is 5.72. The Bertz CT molecular complexity index is 354. The van der Waals surface area contributed by atoms with Crippen molar-refractivity contribution >= 4 is 0 Å². The van der Waals surface area contributed by atoms with Gasteiger partial charge in [-0.15, -0.1) is 0 Å². The molecular formula is C16H27NO2. The van der Waals surface area contributed by atoms with Gasteiger partial charge in [0, 0.05) is 19.7 Å². The van der Waals surface area contributed by atoms with E-state index in [0.29, 0.717) is 0 Å². The van der Waals surface area contributed by atoms with Crippen molar-refractivity contribution in [3.05, 3.63) is 35.4 Å². The zero-order chi connectivity index (χ0) is 14.1. The van der Waals surface area contributed by atoms with Crippen LogP contribution >= 0.6 is 0 Å². The summed E-state index contributed by atoms with van der Waals surface area (Å²) in [6.45, 7) is 10.6. The Morgan fingerprint density at radius 3 is 2.58 bits per heavy atom. The number of aliphatic hydroxyl groups excluding tert-OH is 1. The van der Waals surface area contributed by atoms with Crippen molar-refractivity contribution in [2.24, 2.45) is 0 Å². The van der Waals surface area contributed by atoms with Crippen LogP contribution in [0.4, 0.5) is 0 Å². The number of hydrogen-bond acceptors (Lipinski definition) is 3. The maximum absolute atomic E-state index is 10.3. The van der Waals surface area contributed by atoms with Crippen LogP contribution in [0.25, 0.3) is 0 Å². The molecule has 0 saturated heterocycles. The van der Waals surface area contributed by atoms with E-state index < -0.39 is 0 Å². The van der Waals surface area contributed by atoms with Gasteiger partial charge in [-0.2, -0.15) is 0 Å². The SMILES string of the molecule is CCOCCN(CC)CCC(O)c1ccccc1C. The molecular weight excluding hydrogens is 238 g/mol. The van der Waals surface area contributed by atoms with Gasteiger partial charge in [0.1, 0.15) is 0 Å². The summed E-state index contributed by atoms with van der Waals surface area (Å²) in [6, 6.07) is 8.05. The van der Waals surface area contributed by atoms with Crippen LogP contribution < -0.4 is 0 Å². The van der Waals surface area contributed by atoms with Crippen molar-refractivity contribution in [1.82, 2.24) is 4.90 Å². The first-order valence-electron chi connectivity index (χ1n) is 7.22. The fraction of sp³-hybridized carbons (Fsp3) is 0.625. The van der Waals surface area contributed by atoms with E-state index in [2.05, 4.69) is 11.8 Å². The van der Waals surface area contributed by atoms with E-state index in [1.807, 2.05) is 38.1 Å². The van der Waals surface area contributed by atoms with E-state index in [0.717, 1.165) is 50.4 Å². The first-order valence-corrected chi connectivity index (χ1v) is 7.22. The molecule has 0 heterocycles. The molecule has 0 amide bonds. The topological polar surface area (TPSA) is 32.7 Å². The van der Waals surface area contributed by atoms with Crippen LogP contribution in [0.3, 0.4) is 0 Å². The van der Waals surface area contributed by atoms with Crippen molar-refractivity contribution in [1.29, 1.82) is 0 Å². The van der Waals surface area contributed by atoms with Crippen LogP contribution in [0.15, 0.2) is 24.3 Å². The summed E-state index contributed by atoms with van der Waals surface area (Å²) in [5.41, 5.74) is 2.20. The normalized spacial score (nSPS) is 12.9. The van der Waals surface area contributed by atoms with Crippen molar-refractivity contribution in [3.8, 4) is 0 Å². The summed E-state index contributed by atoms with van der Waals surface area (Å²) in [7, 11) is 0. The van der Waals surface area contributed by atoms with Gasteiger partial charge in [-0.3, -0.25) is 0 Å². The van der Waals surface area contributed by atoms with Gasteiger partial charge >= 0.3 is 0 Å². The van der Waals surface area contributed by atoms with Gasteiger partial charge in [0.15, 0.2) is 0 Å². The zero-order valence-electron chi connectivity index (χ0n) is 12.4. The van der Waals surface area contributed by atoms with Gasteiger partial charge in [0.2, 0.25) is 0 Å². The number of likely N-dealkylation sites (N-methyl/N-ethyl adjacent to an activating group) is 1. The van der Waals surface area contributed by atoms with E-state index >= 15 is 0 Å². The van der Waals surface area contributed by atoms with Gasteiger partial charge in [-0.05, 0) is 37.9 Å². The van der Waals surface area contributed by atoms with Crippen molar-refractivity contribution in [2.75, 3.05) is 32.8 Å². The Morgan fingerprint density at radius 2 is 1.95 bits per heavy atom. The van der Waals surface area contributed by atoms with Gasteiger partial charge in [0.05, 0.1) is 12.7 Å². The number of nitrogens with zero attached hydrogens (tertiary/aromatic N) is 1. The van der Waals surface area contributed by atoms with E-state index in [-0.39, 0.29) is 6.10 Å². The minimum Gasteiger partial charge on any atom is -0.388 e. The molecule has 0 bridgehead atoms. The van der Waals surface area contributed by atoms with Crippen molar-refractivity contribution < 1.29 is 9.84 Å². The largest absolute Gasteiger partial charge is 0.388 e. The lowest BCUT2D eigenvalue weighted by Gasteiger charge is -2.22. The molecule has 0 aliphatic carbocycles. The lowest BCUT2D eigenvalue weighted by Crippen LogP contribution is -2.29. The third-order valence-electron chi connectivity index (χ3n) is 3.47. The molecule has 3 heteroatoms. The quantitative estimate of drug-likeness (QED) is 0.697. The molecule has 1 atom stereocenters. The zero-order valence-corrected chi connectivity index (χ0v) is 12.4. The number of aryl methyl sites for hydroxylation is 1. The van der Waals surface area contributed by atoms with E-state index in [9.17, 15) is 5.11 Å². The molecule has 0 aliphatic heterocycles.